The Morgan fingerprint density at radius 1 is 1.33 bits per heavy atom. The highest BCUT2D eigenvalue weighted by Crippen LogP contribution is 2.17. The molecule has 0 spiro atoms. The summed E-state index contributed by atoms with van der Waals surface area (Å²) < 4.78 is 20.4. The lowest BCUT2D eigenvalue weighted by Crippen LogP contribution is -2.41. The second-order valence-corrected chi connectivity index (χ2v) is 8.41. The van der Waals surface area contributed by atoms with E-state index in [1.165, 1.54) is 5.56 Å². The van der Waals surface area contributed by atoms with Crippen molar-refractivity contribution in [3.05, 3.63) is 42.0 Å². The molecule has 4 heteroatoms. The van der Waals surface area contributed by atoms with Gasteiger partial charge in [-0.1, -0.05) is 17.7 Å². The minimum atomic E-state index is -1.08. The zero-order valence-corrected chi connectivity index (χ0v) is 14.5. The molecule has 1 aromatic rings. The summed E-state index contributed by atoms with van der Waals surface area (Å²) in [5.41, 5.74) is 2.28. The number of benzene rings is 1. The van der Waals surface area contributed by atoms with Gasteiger partial charge in [-0.15, -0.1) is 6.58 Å². The molecule has 2 atom stereocenters. The summed E-state index contributed by atoms with van der Waals surface area (Å²) in [5, 5.41) is 0. The minimum absolute atomic E-state index is 0.121. The first-order chi connectivity index (χ1) is 9.72. The first kappa shape index (κ1) is 17.9. The predicted octanol–water partition coefficient (Wildman–Crippen LogP) is 3.62. The molecule has 3 nitrogen and oxygen atoms in total. The van der Waals surface area contributed by atoms with Gasteiger partial charge in [-0.2, -0.15) is 0 Å². The van der Waals surface area contributed by atoms with Crippen LogP contribution >= 0.6 is 0 Å². The Morgan fingerprint density at radius 3 is 2.33 bits per heavy atom. The first-order valence-corrected chi connectivity index (χ1v) is 8.32. The maximum absolute atomic E-state index is 12.3. The smallest absolute Gasteiger partial charge is 0.118 e. The average Bonchev–Trinajstić information content (AvgIpc) is 2.37. The van der Waals surface area contributed by atoms with Crippen LogP contribution in [0.4, 0.5) is 0 Å². The Bertz CT molecular complexity index is 489. The molecule has 0 bridgehead atoms. The summed E-state index contributed by atoms with van der Waals surface area (Å²) in [4.78, 5) is 0. The molecule has 0 aliphatic rings. The second-order valence-electron chi connectivity index (χ2n) is 6.41. The van der Waals surface area contributed by atoms with Crippen molar-refractivity contribution < 1.29 is 8.95 Å². The van der Waals surface area contributed by atoms with E-state index in [1.54, 1.807) is 7.11 Å². The monoisotopic (exact) mass is 309 g/mol. The molecule has 0 aromatic heterocycles. The lowest BCUT2D eigenvalue weighted by atomic mass is 10.0. The van der Waals surface area contributed by atoms with Crippen LogP contribution in [0.1, 0.15) is 39.7 Å². The Balaban J connectivity index is 2.77. The summed E-state index contributed by atoms with van der Waals surface area (Å²) in [6, 6.07) is 8.12. The third-order valence-electron chi connectivity index (χ3n) is 3.07. The molecular formula is C17H27NO2S. The van der Waals surface area contributed by atoms with Gasteiger partial charge in [0, 0.05) is 6.04 Å². The number of nitrogens with one attached hydrogen (secondary N) is 1. The van der Waals surface area contributed by atoms with E-state index in [4.69, 9.17) is 4.74 Å². The van der Waals surface area contributed by atoms with Gasteiger partial charge in [0.2, 0.25) is 0 Å². The molecule has 0 fully saturated rings. The fourth-order valence-corrected chi connectivity index (χ4v) is 2.77. The van der Waals surface area contributed by atoms with Crippen molar-refractivity contribution >= 4 is 11.0 Å². The predicted molar refractivity (Wildman–Crippen MR) is 90.9 cm³/mol. The highest BCUT2D eigenvalue weighted by molar-refractivity contribution is 7.84. The van der Waals surface area contributed by atoms with Crippen LogP contribution in [0.15, 0.2) is 36.4 Å². The number of rotatable bonds is 7. The summed E-state index contributed by atoms with van der Waals surface area (Å²) in [5.74, 6) is 0.849. The van der Waals surface area contributed by atoms with Gasteiger partial charge in [0.25, 0.3) is 0 Å². The van der Waals surface area contributed by atoms with E-state index in [0.29, 0.717) is 0 Å². The molecule has 0 radical (unpaired) electrons. The zero-order valence-electron chi connectivity index (χ0n) is 13.7. The molecular weight excluding hydrogens is 282 g/mol. The van der Waals surface area contributed by atoms with Gasteiger partial charge in [-0.25, -0.2) is 8.93 Å². The molecule has 21 heavy (non-hydrogen) atoms. The second kappa shape index (κ2) is 7.76. The Kier molecular flexibility index (Phi) is 6.62. The van der Waals surface area contributed by atoms with E-state index in [2.05, 4.69) is 11.3 Å². The lowest BCUT2D eigenvalue weighted by molar-refractivity contribution is 0.414. The van der Waals surface area contributed by atoms with Gasteiger partial charge >= 0.3 is 0 Å². The topological polar surface area (TPSA) is 38.3 Å². The fourth-order valence-electron chi connectivity index (χ4n) is 1.95. The largest absolute Gasteiger partial charge is 0.497 e. The number of hydrogen-bond donors (Lipinski definition) is 1. The molecule has 1 aromatic carbocycles. The Hall–Kier alpha value is -1.13. The fraction of sp³-hybridized carbons (Fsp3) is 0.529. The summed E-state index contributed by atoms with van der Waals surface area (Å²) in [6.45, 7) is 11.9. The van der Waals surface area contributed by atoms with Crippen LogP contribution < -0.4 is 9.46 Å². The molecule has 0 heterocycles. The van der Waals surface area contributed by atoms with Crippen LogP contribution in [0.25, 0.3) is 0 Å². The molecule has 1 rings (SSSR count). The van der Waals surface area contributed by atoms with Gasteiger partial charge < -0.3 is 4.74 Å². The maximum atomic E-state index is 12.3. The van der Waals surface area contributed by atoms with E-state index in [1.807, 2.05) is 52.0 Å². The standard InChI is InChI=1S/C17H27NO2S/c1-13(2)11-15(18-21(19)17(3,4)5)12-14-7-9-16(20-6)10-8-14/h7-10,15,18H,1,11-12H2,2-6H3/t15-,21+/m0/s1. The molecule has 0 aliphatic carbocycles. The molecule has 0 amide bonds. The van der Waals surface area contributed by atoms with Crippen molar-refractivity contribution in [2.24, 2.45) is 0 Å². The Morgan fingerprint density at radius 2 is 1.90 bits per heavy atom. The SMILES string of the molecule is C=C(C)C[C@@H](Cc1ccc(OC)cc1)N[S@](=O)C(C)(C)C. The first-order valence-electron chi connectivity index (χ1n) is 7.17. The van der Waals surface area contributed by atoms with Crippen LogP contribution in [0.3, 0.4) is 0 Å². The van der Waals surface area contributed by atoms with E-state index in [0.717, 1.165) is 24.2 Å². The highest BCUT2D eigenvalue weighted by atomic mass is 32.2. The van der Waals surface area contributed by atoms with Crippen LogP contribution in [0.5, 0.6) is 5.75 Å². The third kappa shape index (κ3) is 6.44. The van der Waals surface area contributed by atoms with Crippen molar-refractivity contribution in [1.29, 1.82) is 0 Å². The summed E-state index contributed by atoms with van der Waals surface area (Å²) >= 11 is 0. The summed E-state index contributed by atoms with van der Waals surface area (Å²) in [6.07, 6.45) is 1.63. The van der Waals surface area contributed by atoms with Gasteiger partial charge in [0.15, 0.2) is 0 Å². The number of hydrogen-bond acceptors (Lipinski definition) is 2. The van der Waals surface area contributed by atoms with Crippen molar-refractivity contribution in [2.75, 3.05) is 7.11 Å². The highest BCUT2D eigenvalue weighted by Gasteiger charge is 2.23. The quantitative estimate of drug-likeness (QED) is 0.781. The molecule has 0 saturated carbocycles. The average molecular weight is 309 g/mol. The lowest BCUT2D eigenvalue weighted by Gasteiger charge is -2.24. The van der Waals surface area contributed by atoms with Crippen molar-refractivity contribution in [1.82, 2.24) is 4.72 Å². The minimum Gasteiger partial charge on any atom is -0.497 e. The normalized spacial score (nSPS) is 14.5. The van der Waals surface area contributed by atoms with Gasteiger partial charge in [0.1, 0.15) is 5.75 Å². The molecule has 0 aliphatic heterocycles. The third-order valence-corrected chi connectivity index (χ3v) is 4.73. The van der Waals surface area contributed by atoms with Crippen molar-refractivity contribution in [3.8, 4) is 5.75 Å². The van der Waals surface area contributed by atoms with Gasteiger partial charge in [0.05, 0.1) is 22.8 Å². The number of methoxy groups -OCH3 is 1. The van der Waals surface area contributed by atoms with Crippen molar-refractivity contribution in [3.63, 3.8) is 0 Å². The Labute approximate surface area is 131 Å². The molecule has 118 valence electrons. The van der Waals surface area contributed by atoms with Crippen LogP contribution in [0.2, 0.25) is 0 Å². The van der Waals surface area contributed by atoms with E-state index < -0.39 is 11.0 Å². The van der Waals surface area contributed by atoms with Crippen LogP contribution in [-0.2, 0) is 17.4 Å². The maximum Gasteiger partial charge on any atom is 0.118 e. The van der Waals surface area contributed by atoms with Crippen LogP contribution in [0, 0.1) is 0 Å². The zero-order chi connectivity index (χ0) is 16.0. The molecule has 1 N–H and O–H groups in total. The number of ether oxygens (including phenoxy) is 1. The van der Waals surface area contributed by atoms with Gasteiger partial charge in [-0.05, 0) is 58.2 Å². The summed E-state index contributed by atoms with van der Waals surface area (Å²) in [7, 11) is 0.580. The molecule has 0 saturated heterocycles. The molecule has 0 unspecified atom stereocenters. The van der Waals surface area contributed by atoms with E-state index in [-0.39, 0.29) is 10.8 Å². The van der Waals surface area contributed by atoms with Crippen LogP contribution in [-0.4, -0.2) is 22.1 Å². The van der Waals surface area contributed by atoms with E-state index >= 15 is 0 Å². The van der Waals surface area contributed by atoms with Gasteiger partial charge in [-0.3, -0.25) is 0 Å². The van der Waals surface area contributed by atoms with E-state index in [9.17, 15) is 4.21 Å². The van der Waals surface area contributed by atoms with Crippen molar-refractivity contribution in [2.45, 2.75) is 51.3 Å².